The highest BCUT2D eigenvalue weighted by atomic mass is 19.1. The number of carbonyl (C=O) groups excluding carboxylic acids is 2. The number of aliphatic hydroxyl groups is 2. The van der Waals surface area contributed by atoms with Gasteiger partial charge in [-0.05, 0) is 104 Å². The predicted octanol–water partition coefficient (Wildman–Crippen LogP) is 11.7. The summed E-state index contributed by atoms with van der Waals surface area (Å²) < 4.78 is 40.8. The quantitative estimate of drug-likeness (QED) is 0.0302. The van der Waals surface area contributed by atoms with Crippen LogP contribution in [-0.2, 0) is 20.9 Å². The largest absolute Gasteiger partial charge is 0.496 e. The molecule has 0 radical (unpaired) electrons. The number of ether oxygens (including phenoxy) is 4. The molecule has 1 amide bonds. The van der Waals surface area contributed by atoms with Crippen molar-refractivity contribution in [3.8, 4) is 23.0 Å². The van der Waals surface area contributed by atoms with Crippen molar-refractivity contribution >= 4 is 17.9 Å². The summed E-state index contributed by atoms with van der Waals surface area (Å²) in [5.74, 6) is -0.528. The third kappa shape index (κ3) is 12.7. The van der Waals surface area contributed by atoms with Crippen molar-refractivity contribution in [2.45, 2.75) is 140 Å². The Kier molecular flexibility index (Phi) is 19.9. The molecule has 3 aromatic carbocycles. The van der Waals surface area contributed by atoms with Gasteiger partial charge in [0.2, 0.25) is 11.7 Å². The molecule has 1 aliphatic heterocycles. The smallest absolute Gasteiger partial charge is 0.239 e. The van der Waals surface area contributed by atoms with Crippen LogP contribution < -0.4 is 14.2 Å². The Morgan fingerprint density at radius 2 is 1.58 bits per heavy atom. The minimum absolute atomic E-state index is 0.0111. The third-order valence-electron chi connectivity index (χ3n) is 13.9. The first-order valence-corrected chi connectivity index (χ1v) is 24.7. The van der Waals surface area contributed by atoms with E-state index < -0.39 is 17.7 Å². The molecule has 0 saturated heterocycles. The summed E-state index contributed by atoms with van der Waals surface area (Å²) in [6.07, 6.45) is 19.9. The number of amides is 1. The summed E-state index contributed by atoms with van der Waals surface area (Å²) >= 11 is 0. The van der Waals surface area contributed by atoms with E-state index in [0.717, 1.165) is 74.4 Å². The molecule has 0 spiro atoms. The number of halogens is 1. The lowest BCUT2D eigenvalue weighted by Crippen LogP contribution is -2.70. The highest BCUT2D eigenvalue weighted by Crippen LogP contribution is 2.62. The van der Waals surface area contributed by atoms with Crippen LogP contribution in [0.1, 0.15) is 143 Å². The standard InChI is InChI=1S/C55H73FN2O9/c1-5-7-8-9-10-11-12-13-14-21-52(62)58(37-39-22-24-42(56)25-23-39)51-36-48(57-64-4)46-34-40(19-15-17-30-59)45(20-16-18-31-60)53-47-35-44(66-43-26-28-49(63-3)41(33-43)38-61)27-29-50(47)67-55(51,54(46)53)65-32-6-2/h6,22-29,33-35,38,40,45,51,53-54,59-60H,2,5,7-21,30-32,36-37H2,1,3-4H3. The van der Waals surface area contributed by atoms with Crippen molar-refractivity contribution in [2.24, 2.45) is 22.9 Å². The number of rotatable bonds is 29. The average Bonchev–Trinajstić information content (AvgIpc) is 3.34. The molecular formula is C55H73FN2O9. The lowest BCUT2D eigenvalue weighted by molar-refractivity contribution is -0.258. The van der Waals surface area contributed by atoms with Gasteiger partial charge in [0.05, 0.1) is 30.9 Å². The number of methoxy groups -OCH3 is 1. The van der Waals surface area contributed by atoms with Crippen LogP contribution >= 0.6 is 0 Å². The van der Waals surface area contributed by atoms with Gasteiger partial charge in [0, 0.05) is 44.1 Å². The minimum Gasteiger partial charge on any atom is -0.496 e. The third-order valence-corrected chi connectivity index (χ3v) is 13.9. The van der Waals surface area contributed by atoms with Gasteiger partial charge in [-0.2, -0.15) is 0 Å². The Morgan fingerprint density at radius 1 is 0.896 bits per heavy atom. The van der Waals surface area contributed by atoms with Crippen molar-refractivity contribution in [1.82, 2.24) is 4.90 Å². The average molecular weight is 925 g/mol. The molecule has 3 aliphatic rings. The van der Waals surface area contributed by atoms with Crippen LogP contribution in [0.2, 0.25) is 0 Å². The molecule has 0 aromatic heterocycles. The first kappa shape index (κ1) is 51.4. The molecule has 2 aliphatic carbocycles. The minimum atomic E-state index is -1.44. The molecule has 67 heavy (non-hydrogen) atoms. The van der Waals surface area contributed by atoms with Gasteiger partial charge in [-0.25, -0.2) is 4.39 Å². The number of benzene rings is 3. The van der Waals surface area contributed by atoms with Crippen LogP contribution in [0.4, 0.5) is 4.39 Å². The Balaban J connectivity index is 1.49. The van der Waals surface area contributed by atoms with Crippen LogP contribution in [0, 0.1) is 23.6 Å². The Bertz CT molecular complexity index is 2120. The van der Waals surface area contributed by atoms with E-state index in [-0.39, 0.29) is 62.3 Å². The van der Waals surface area contributed by atoms with Gasteiger partial charge in [-0.1, -0.05) is 101 Å². The van der Waals surface area contributed by atoms with E-state index in [2.05, 4.69) is 19.6 Å². The maximum Gasteiger partial charge on any atom is 0.239 e. The first-order chi connectivity index (χ1) is 32.7. The summed E-state index contributed by atoms with van der Waals surface area (Å²) in [5, 5.41) is 24.7. The molecule has 12 heteroatoms. The summed E-state index contributed by atoms with van der Waals surface area (Å²) in [4.78, 5) is 34.6. The second kappa shape index (κ2) is 25.9. The Hall–Kier alpha value is -5.04. The van der Waals surface area contributed by atoms with E-state index >= 15 is 4.79 Å². The van der Waals surface area contributed by atoms with Crippen LogP contribution in [0.25, 0.3) is 0 Å². The van der Waals surface area contributed by atoms with E-state index in [1.165, 1.54) is 58.5 Å². The Labute approximate surface area is 397 Å². The number of hydrogen-bond donors (Lipinski definition) is 2. The van der Waals surface area contributed by atoms with E-state index in [4.69, 9.17) is 28.9 Å². The number of allylic oxidation sites excluding steroid dienone is 1. The molecule has 2 N–H and O–H groups in total. The monoisotopic (exact) mass is 925 g/mol. The van der Waals surface area contributed by atoms with E-state index in [9.17, 15) is 19.4 Å². The first-order valence-electron chi connectivity index (χ1n) is 24.7. The number of aldehydes is 1. The Morgan fingerprint density at radius 3 is 2.25 bits per heavy atom. The SMILES string of the molecule is C=CCOC12Oc3ccc(Oc4ccc(OC)c(C=O)c4)cc3C3C(CCCCO)C(CCCCO)C=C(C(=NOC)CC1N(Cc1ccc(F)cc1)C(=O)CCCCCCCCCCC)C32. The van der Waals surface area contributed by atoms with E-state index in [1.54, 1.807) is 36.4 Å². The zero-order chi connectivity index (χ0) is 47.6. The zero-order valence-electron chi connectivity index (χ0n) is 40.0. The van der Waals surface area contributed by atoms with Gasteiger partial charge in [0.25, 0.3) is 0 Å². The number of aliphatic hydroxyl groups excluding tert-OH is 2. The number of hydrogen-bond acceptors (Lipinski definition) is 10. The molecule has 1 saturated carbocycles. The fourth-order valence-corrected chi connectivity index (χ4v) is 10.7. The summed E-state index contributed by atoms with van der Waals surface area (Å²) in [5.41, 5.74) is 3.65. The lowest BCUT2D eigenvalue weighted by atomic mass is 9.55. The number of nitrogens with zero attached hydrogens (tertiary/aromatic N) is 2. The fraction of sp³-hybridized carbons (Fsp3) is 0.545. The van der Waals surface area contributed by atoms with Crippen LogP contribution in [0.5, 0.6) is 23.0 Å². The number of carbonyl (C=O) groups is 2. The van der Waals surface area contributed by atoms with Crippen LogP contribution in [0.15, 0.2) is 90.1 Å². The van der Waals surface area contributed by atoms with Gasteiger partial charge in [0.1, 0.15) is 42.0 Å². The summed E-state index contributed by atoms with van der Waals surface area (Å²) in [6, 6.07) is 16.4. The van der Waals surface area contributed by atoms with Gasteiger partial charge >= 0.3 is 0 Å². The topological polar surface area (TPSA) is 136 Å². The zero-order valence-corrected chi connectivity index (χ0v) is 40.0. The van der Waals surface area contributed by atoms with Crippen molar-refractivity contribution in [1.29, 1.82) is 0 Å². The van der Waals surface area contributed by atoms with Gasteiger partial charge < -0.3 is 38.9 Å². The molecule has 11 nitrogen and oxygen atoms in total. The maximum absolute atomic E-state index is 15.1. The normalized spacial score (nSPS) is 22.2. The van der Waals surface area contributed by atoms with Crippen LogP contribution in [-0.4, -0.2) is 78.9 Å². The van der Waals surface area contributed by atoms with Gasteiger partial charge in [0.15, 0.2) is 6.29 Å². The van der Waals surface area contributed by atoms with E-state index in [0.29, 0.717) is 53.5 Å². The number of oxime groups is 1. The molecule has 0 bridgehead atoms. The van der Waals surface area contributed by atoms with Gasteiger partial charge in [-0.3, -0.25) is 9.59 Å². The summed E-state index contributed by atoms with van der Waals surface area (Å²) in [6.45, 7) is 6.75. The lowest BCUT2D eigenvalue weighted by Gasteiger charge is -2.60. The van der Waals surface area contributed by atoms with Crippen molar-refractivity contribution < 1.29 is 48.0 Å². The predicted molar refractivity (Wildman–Crippen MR) is 259 cm³/mol. The maximum atomic E-state index is 15.1. The van der Waals surface area contributed by atoms with E-state index in [1.807, 2.05) is 23.1 Å². The summed E-state index contributed by atoms with van der Waals surface area (Å²) in [7, 11) is 3.05. The highest BCUT2D eigenvalue weighted by molar-refractivity contribution is 6.03. The number of fused-ring (bicyclic) bond motifs is 2. The highest BCUT2D eigenvalue weighted by Gasteiger charge is 2.65. The molecule has 6 unspecified atom stereocenters. The molecule has 6 atom stereocenters. The van der Waals surface area contributed by atoms with Crippen molar-refractivity contribution in [3.63, 3.8) is 0 Å². The molecule has 1 heterocycles. The second-order valence-corrected chi connectivity index (χ2v) is 18.3. The van der Waals surface area contributed by atoms with Crippen molar-refractivity contribution in [2.75, 3.05) is 34.0 Å². The van der Waals surface area contributed by atoms with Crippen molar-refractivity contribution in [3.05, 3.63) is 107 Å². The molecule has 6 rings (SSSR count). The fourth-order valence-electron chi connectivity index (χ4n) is 10.7. The molecule has 1 fully saturated rings. The molecular weight excluding hydrogens is 852 g/mol. The van der Waals surface area contributed by atoms with Crippen LogP contribution in [0.3, 0.4) is 0 Å². The molecule has 3 aromatic rings. The molecule has 364 valence electrons. The van der Waals surface area contributed by atoms with Gasteiger partial charge in [-0.15, -0.1) is 6.58 Å². The number of unbranched alkanes of at least 4 members (excludes halogenated alkanes) is 10. The second-order valence-electron chi connectivity index (χ2n) is 18.3.